The minimum absolute atomic E-state index is 0. The molecule has 0 N–H and O–H groups in total. The first-order valence-electron chi connectivity index (χ1n) is 17.1. The van der Waals surface area contributed by atoms with Gasteiger partial charge in [-0.15, -0.1) is 0 Å². The summed E-state index contributed by atoms with van der Waals surface area (Å²) >= 11 is 0. The van der Waals surface area contributed by atoms with Gasteiger partial charge >= 0.3 is 63.3 Å². The van der Waals surface area contributed by atoms with E-state index >= 15 is 0 Å². The molecule has 0 aliphatic rings. The number of unbranched alkanes of at least 4 members (excludes halogenated alkanes) is 20. The standard InChI is InChI=1S/C36H58O7S.K/c1-3-5-7-9-11-13-15-17-19-21-23-25-29-42-35(37)33-28-27-32(44(39,40)41)31-34(33)36(38)43-30-26-24-22-20-18-16-14-12-10-8-6-4-2;/h25-31H,3-24H2,1-2H3,(H,39,40,41);/q;+1/p-1/b29-25+,30-26+;. The number of rotatable bonds is 27. The normalized spacial score (nSPS) is 11.6. The summed E-state index contributed by atoms with van der Waals surface area (Å²) in [6.07, 6.45) is 32.2. The van der Waals surface area contributed by atoms with Crippen LogP contribution >= 0.6 is 0 Å². The van der Waals surface area contributed by atoms with Gasteiger partial charge in [-0.25, -0.2) is 18.0 Å². The number of ether oxygens (including phenoxy) is 2. The average molecular weight is 673 g/mol. The molecular formula is C36H57KO7S. The van der Waals surface area contributed by atoms with Crippen LogP contribution < -0.4 is 51.4 Å². The molecule has 0 amide bonds. The predicted molar refractivity (Wildman–Crippen MR) is 176 cm³/mol. The molecular weight excluding hydrogens is 616 g/mol. The van der Waals surface area contributed by atoms with Gasteiger partial charge in [0.2, 0.25) is 0 Å². The quantitative estimate of drug-likeness (QED) is 0.0312. The maximum absolute atomic E-state index is 12.7. The summed E-state index contributed by atoms with van der Waals surface area (Å²) in [6.45, 7) is 4.45. The molecule has 0 bridgehead atoms. The van der Waals surface area contributed by atoms with Gasteiger partial charge in [-0.1, -0.05) is 129 Å². The van der Waals surface area contributed by atoms with Crippen molar-refractivity contribution < 1.29 is 83.4 Å². The van der Waals surface area contributed by atoms with E-state index in [1.165, 1.54) is 115 Å². The van der Waals surface area contributed by atoms with Crippen LogP contribution in [0.2, 0.25) is 0 Å². The molecule has 45 heavy (non-hydrogen) atoms. The molecule has 0 aliphatic carbocycles. The Balaban J connectivity index is 0.0000194. The van der Waals surface area contributed by atoms with E-state index in [1.54, 1.807) is 12.2 Å². The Morgan fingerprint density at radius 2 is 0.956 bits per heavy atom. The summed E-state index contributed by atoms with van der Waals surface area (Å²) in [6, 6.07) is 2.96. The van der Waals surface area contributed by atoms with Crippen molar-refractivity contribution in [3.63, 3.8) is 0 Å². The molecule has 9 heteroatoms. The van der Waals surface area contributed by atoms with E-state index in [1.807, 2.05) is 0 Å². The first-order valence-corrected chi connectivity index (χ1v) is 18.5. The average Bonchev–Trinajstić information content (AvgIpc) is 3.00. The van der Waals surface area contributed by atoms with Gasteiger partial charge in [0.05, 0.1) is 28.5 Å². The number of hydrogen-bond acceptors (Lipinski definition) is 7. The van der Waals surface area contributed by atoms with Gasteiger partial charge in [-0.3, -0.25) is 0 Å². The van der Waals surface area contributed by atoms with Gasteiger partial charge < -0.3 is 14.0 Å². The fourth-order valence-corrected chi connectivity index (χ4v) is 5.50. The Bertz CT molecular complexity index is 1080. The Kier molecular flexibility index (Phi) is 28.8. The monoisotopic (exact) mass is 672 g/mol. The van der Waals surface area contributed by atoms with E-state index in [0.29, 0.717) is 0 Å². The summed E-state index contributed by atoms with van der Waals surface area (Å²) in [7, 11) is -4.83. The molecule has 0 heterocycles. The van der Waals surface area contributed by atoms with Crippen LogP contribution in [0.1, 0.15) is 176 Å². The van der Waals surface area contributed by atoms with Crippen molar-refractivity contribution >= 4 is 22.1 Å². The van der Waals surface area contributed by atoms with Crippen LogP contribution in [0, 0.1) is 0 Å². The SMILES string of the molecule is CCCCCCCCCCCC/C=C/OC(=O)c1ccc(S(=O)(=O)[O-])cc1C(=O)O/C=C/CCCCCCCCCCCC.[K+]. The molecule has 250 valence electrons. The molecule has 1 rings (SSSR count). The van der Waals surface area contributed by atoms with Crippen molar-refractivity contribution in [1.29, 1.82) is 0 Å². The molecule has 0 radical (unpaired) electrons. The molecule has 0 saturated carbocycles. The van der Waals surface area contributed by atoms with Gasteiger partial charge in [-0.05, 0) is 56.0 Å². The Labute approximate surface area is 316 Å². The second-order valence-electron chi connectivity index (χ2n) is 11.7. The molecule has 1 aromatic rings. The number of carbonyl (C=O) groups excluding carboxylic acids is 2. The predicted octanol–water partition coefficient (Wildman–Crippen LogP) is 7.56. The van der Waals surface area contributed by atoms with Crippen LogP contribution in [0.15, 0.2) is 47.8 Å². The maximum Gasteiger partial charge on any atom is 1.00 e. The molecule has 1 aromatic carbocycles. The van der Waals surface area contributed by atoms with Crippen molar-refractivity contribution in [1.82, 2.24) is 0 Å². The van der Waals surface area contributed by atoms with Gasteiger partial charge in [0.15, 0.2) is 0 Å². The molecule has 7 nitrogen and oxygen atoms in total. The minimum atomic E-state index is -4.83. The third-order valence-corrected chi connectivity index (χ3v) is 8.54. The third kappa shape index (κ3) is 23.2. The molecule has 0 saturated heterocycles. The second-order valence-corrected chi connectivity index (χ2v) is 13.0. The zero-order valence-corrected chi connectivity index (χ0v) is 32.3. The van der Waals surface area contributed by atoms with E-state index in [2.05, 4.69) is 13.8 Å². The number of hydrogen-bond donors (Lipinski definition) is 0. The third-order valence-electron chi connectivity index (χ3n) is 7.71. The number of allylic oxidation sites excluding steroid dienone is 2. The summed E-state index contributed by atoms with van der Waals surface area (Å²) in [4.78, 5) is 24.8. The summed E-state index contributed by atoms with van der Waals surface area (Å²) in [5, 5.41) is 0. The Hall–Kier alpha value is -0.814. The molecule has 0 atom stereocenters. The number of benzene rings is 1. The molecule has 0 fully saturated rings. The van der Waals surface area contributed by atoms with Gasteiger partial charge in [0.1, 0.15) is 10.1 Å². The van der Waals surface area contributed by atoms with Crippen molar-refractivity contribution in [2.24, 2.45) is 0 Å². The first kappa shape index (κ1) is 44.2. The van der Waals surface area contributed by atoms with E-state index < -0.39 is 27.0 Å². The fourth-order valence-electron chi connectivity index (χ4n) is 5.01. The van der Waals surface area contributed by atoms with E-state index in [4.69, 9.17) is 9.47 Å². The van der Waals surface area contributed by atoms with Crippen molar-refractivity contribution in [2.75, 3.05) is 0 Å². The molecule has 0 spiro atoms. The summed E-state index contributed by atoms with van der Waals surface area (Å²) in [5.41, 5.74) is -0.507. The van der Waals surface area contributed by atoms with Crippen LogP contribution in [0.5, 0.6) is 0 Å². The maximum atomic E-state index is 12.7. The van der Waals surface area contributed by atoms with E-state index in [9.17, 15) is 22.6 Å². The molecule has 0 unspecified atom stereocenters. The van der Waals surface area contributed by atoms with Crippen LogP contribution in [0.4, 0.5) is 0 Å². The largest absolute Gasteiger partial charge is 1.00 e. The van der Waals surface area contributed by atoms with Crippen molar-refractivity contribution in [3.8, 4) is 0 Å². The Morgan fingerprint density at radius 1 is 0.600 bits per heavy atom. The topological polar surface area (TPSA) is 110 Å². The van der Waals surface area contributed by atoms with Crippen molar-refractivity contribution in [3.05, 3.63) is 54.0 Å². The minimum Gasteiger partial charge on any atom is -0.744 e. The zero-order valence-electron chi connectivity index (χ0n) is 28.4. The van der Waals surface area contributed by atoms with Crippen LogP contribution in [-0.2, 0) is 19.6 Å². The summed E-state index contributed by atoms with van der Waals surface area (Å²) < 4.78 is 44.9. The van der Waals surface area contributed by atoms with Crippen molar-refractivity contribution in [2.45, 2.75) is 160 Å². The van der Waals surface area contributed by atoms with Gasteiger partial charge in [-0.2, -0.15) is 0 Å². The van der Waals surface area contributed by atoms with Crippen LogP contribution in [0.25, 0.3) is 0 Å². The first-order chi connectivity index (χ1) is 21.3. The smallest absolute Gasteiger partial charge is 0.744 e. The zero-order chi connectivity index (χ0) is 32.3. The fraction of sp³-hybridized carbons (Fsp3) is 0.667. The van der Waals surface area contributed by atoms with Crippen LogP contribution in [0.3, 0.4) is 0 Å². The Morgan fingerprint density at radius 3 is 1.33 bits per heavy atom. The molecule has 0 aliphatic heterocycles. The second kappa shape index (κ2) is 29.3. The van der Waals surface area contributed by atoms with Crippen LogP contribution in [-0.4, -0.2) is 24.9 Å². The van der Waals surface area contributed by atoms with Gasteiger partial charge in [0, 0.05) is 0 Å². The van der Waals surface area contributed by atoms with Gasteiger partial charge in [0.25, 0.3) is 0 Å². The summed E-state index contributed by atoms with van der Waals surface area (Å²) in [5.74, 6) is -1.77. The molecule has 0 aromatic heterocycles. The van der Waals surface area contributed by atoms with E-state index in [0.717, 1.165) is 56.7 Å². The number of esters is 2. The number of carbonyl (C=O) groups is 2. The van der Waals surface area contributed by atoms with E-state index in [-0.39, 0.29) is 62.5 Å².